The van der Waals surface area contributed by atoms with Gasteiger partial charge in [0.2, 0.25) is 5.95 Å². The van der Waals surface area contributed by atoms with E-state index in [2.05, 4.69) is 15.4 Å². The van der Waals surface area contributed by atoms with Crippen LogP contribution in [0.4, 0.5) is 10.3 Å². The molecule has 2 aromatic heterocycles. The third-order valence-corrected chi connectivity index (χ3v) is 4.85. The Morgan fingerprint density at radius 3 is 2.60 bits per heavy atom. The van der Waals surface area contributed by atoms with Gasteiger partial charge in [-0.3, -0.25) is 0 Å². The fourth-order valence-electron chi connectivity index (χ4n) is 3.35. The van der Waals surface area contributed by atoms with Crippen LogP contribution in [0.15, 0.2) is 42.5 Å². The number of fused-ring (bicyclic) bond motifs is 1. The van der Waals surface area contributed by atoms with Gasteiger partial charge in [-0.05, 0) is 38.1 Å². The van der Waals surface area contributed by atoms with E-state index < -0.39 is 0 Å². The average Bonchev–Trinajstić information content (AvgIpc) is 3.15. The fourth-order valence-corrected chi connectivity index (χ4v) is 3.35. The van der Waals surface area contributed by atoms with Gasteiger partial charge in [-0.25, -0.2) is 14.4 Å². The highest BCUT2D eigenvalue weighted by atomic mass is 19.1. The Bertz CT molecular complexity index is 1220. The number of aromatic nitrogens is 4. The molecular formula is C22H22FN5O2. The zero-order chi connectivity index (χ0) is 21.3. The second-order valence-electron chi connectivity index (χ2n) is 6.85. The lowest BCUT2D eigenvalue weighted by Gasteiger charge is -2.14. The zero-order valence-corrected chi connectivity index (χ0v) is 17.2. The summed E-state index contributed by atoms with van der Waals surface area (Å²) in [5, 5.41) is 7.78. The third-order valence-electron chi connectivity index (χ3n) is 4.85. The smallest absolute Gasteiger partial charge is 0.226 e. The number of aryl methyl sites for hydroxylation is 2. The van der Waals surface area contributed by atoms with Gasteiger partial charge in [-0.1, -0.05) is 12.1 Å². The molecule has 0 saturated heterocycles. The molecule has 0 atom stereocenters. The summed E-state index contributed by atoms with van der Waals surface area (Å²) >= 11 is 0. The molecule has 2 heterocycles. The Labute approximate surface area is 173 Å². The van der Waals surface area contributed by atoms with Gasteiger partial charge in [0.15, 0.2) is 5.65 Å². The molecule has 7 nitrogen and oxygen atoms in total. The van der Waals surface area contributed by atoms with Gasteiger partial charge < -0.3 is 14.8 Å². The summed E-state index contributed by atoms with van der Waals surface area (Å²) in [6.45, 7) is 4.18. The average molecular weight is 407 g/mol. The van der Waals surface area contributed by atoms with Gasteiger partial charge in [-0.2, -0.15) is 4.52 Å². The normalized spacial score (nSPS) is 11.0. The maximum atomic E-state index is 13.8. The Kier molecular flexibility index (Phi) is 5.22. The highest BCUT2D eigenvalue weighted by Crippen LogP contribution is 2.28. The number of nitrogens with zero attached hydrogens (tertiary/aromatic N) is 4. The maximum absolute atomic E-state index is 13.8. The summed E-state index contributed by atoms with van der Waals surface area (Å²) in [4.78, 5) is 9.28. The zero-order valence-electron chi connectivity index (χ0n) is 17.2. The van der Waals surface area contributed by atoms with Crippen molar-refractivity contribution in [2.75, 3.05) is 19.5 Å². The molecule has 0 aliphatic rings. The SMILES string of the molecule is COc1ccc(CNc2nc(-c3cccc(F)c3)c(C)c3nc(C)nn23)c(OC)c1. The summed E-state index contributed by atoms with van der Waals surface area (Å²) in [7, 11) is 3.23. The minimum Gasteiger partial charge on any atom is -0.497 e. The first kappa shape index (κ1) is 19.6. The van der Waals surface area contributed by atoms with Gasteiger partial charge in [0, 0.05) is 29.3 Å². The summed E-state index contributed by atoms with van der Waals surface area (Å²) < 4.78 is 26.2. The lowest BCUT2D eigenvalue weighted by Crippen LogP contribution is -2.10. The summed E-state index contributed by atoms with van der Waals surface area (Å²) in [5.41, 5.74) is 3.76. The summed E-state index contributed by atoms with van der Waals surface area (Å²) in [6.07, 6.45) is 0. The van der Waals surface area contributed by atoms with Crippen LogP contribution >= 0.6 is 0 Å². The molecule has 0 spiro atoms. The quantitative estimate of drug-likeness (QED) is 0.517. The van der Waals surface area contributed by atoms with Gasteiger partial charge in [0.25, 0.3) is 0 Å². The van der Waals surface area contributed by atoms with Crippen molar-refractivity contribution in [3.8, 4) is 22.8 Å². The van der Waals surface area contributed by atoms with Crippen LogP contribution in [0, 0.1) is 19.7 Å². The van der Waals surface area contributed by atoms with Crippen molar-refractivity contribution in [1.82, 2.24) is 19.6 Å². The first-order valence-corrected chi connectivity index (χ1v) is 9.45. The fraction of sp³-hybridized carbons (Fsp3) is 0.227. The number of anilines is 1. The van der Waals surface area contributed by atoms with Crippen LogP contribution in [0.1, 0.15) is 17.0 Å². The highest BCUT2D eigenvalue weighted by molar-refractivity contribution is 5.71. The van der Waals surface area contributed by atoms with E-state index in [4.69, 9.17) is 14.5 Å². The highest BCUT2D eigenvalue weighted by Gasteiger charge is 2.16. The molecule has 0 aliphatic heterocycles. The lowest BCUT2D eigenvalue weighted by atomic mass is 10.1. The molecule has 30 heavy (non-hydrogen) atoms. The van der Waals surface area contributed by atoms with Crippen LogP contribution < -0.4 is 14.8 Å². The van der Waals surface area contributed by atoms with Gasteiger partial charge >= 0.3 is 0 Å². The minimum absolute atomic E-state index is 0.316. The largest absolute Gasteiger partial charge is 0.497 e. The monoisotopic (exact) mass is 407 g/mol. The van der Waals surface area contributed by atoms with Crippen molar-refractivity contribution in [2.24, 2.45) is 0 Å². The Morgan fingerprint density at radius 2 is 1.87 bits per heavy atom. The molecule has 0 radical (unpaired) electrons. The van der Waals surface area contributed by atoms with E-state index in [0.717, 1.165) is 11.1 Å². The molecule has 4 aromatic rings. The molecule has 0 aliphatic carbocycles. The number of methoxy groups -OCH3 is 2. The molecule has 1 N–H and O–H groups in total. The molecule has 154 valence electrons. The summed E-state index contributed by atoms with van der Waals surface area (Å²) in [5.74, 6) is 2.23. The molecule has 0 amide bonds. The van der Waals surface area contributed by atoms with Crippen molar-refractivity contribution in [2.45, 2.75) is 20.4 Å². The van der Waals surface area contributed by atoms with Crippen LogP contribution in [0.5, 0.6) is 11.5 Å². The van der Waals surface area contributed by atoms with Crippen LogP contribution in [0.25, 0.3) is 16.9 Å². The van der Waals surface area contributed by atoms with Gasteiger partial charge in [-0.15, -0.1) is 5.10 Å². The number of hydrogen-bond acceptors (Lipinski definition) is 6. The van der Waals surface area contributed by atoms with E-state index in [1.165, 1.54) is 12.1 Å². The van der Waals surface area contributed by atoms with Crippen molar-refractivity contribution < 1.29 is 13.9 Å². The van der Waals surface area contributed by atoms with Crippen molar-refractivity contribution in [1.29, 1.82) is 0 Å². The number of ether oxygens (including phenoxy) is 2. The molecule has 4 rings (SSSR count). The Hall–Kier alpha value is -3.68. The van der Waals surface area contributed by atoms with E-state index in [-0.39, 0.29) is 5.82 Å². The number of halogens is 1. The number of hydrogen-bond donors (Lipinski definition) is 1. The standard InChI is InChI=1S/C22H22FN5O2/c1-13-20(15-6-5-7-17(23)10-15)26-22(28-21(13)25-14(2)27-28)24-12-16-8-9-18(29-3)11-19(16)30-4/h5-11H,12H2,1-4H3,(H,24,26). The van der Waals surface area contributed by atoms with Crippen LogP contribution in [0.2, 0.25) is 0 Å². The van der Waals surface area contributed by atoms with E-state index in [0.29, 0.717) is 46.7 Å². The third kappa shape index (κ3) is 3.63. The van der Waals surface area contributed by atoms with E-state index in [1.807, 2.05) is 38.1 Å². The molecule has 0 bridgehead atoms. The first-order chi connectivity index (χ1) is 14.5. The van der Waals surface area contributed by atoms with Crippen LogP contribution in [-0.2, 0) is 6.54 Å². The van der Waals surface area contributed by atoms with Crippen LogP contribution in [-0.4, -0.2) is 33.8 Å². The molecule has 0 fully saturated rings. The van der Waals surface area contributed by atoms with Gasteiger partial charge in [0.05, 0.1) is 19.9 Å². The Balaban J connectivity index is 1.76. The van der Waals surface area contributed by atoms with E-state index in [1.54, 1.807) is 24.8 Å². The van der Waals surface area contributed by atoms with Crippen LogP contribution in [0.3, 0.4) is 0 Å². The Morgan fingerprint density at radius 1 is 1.03 bits per heavy atom. The number of benzene rings is 2. The van der Waals surface area contributed by atoms with Crippen molar-refractivity contribution in [3.63, 3.8) is 0 Å². The minimum atomic E-state index is -0.316. The predicted molar refractivity (Wildman–Crippen MR) is 113 cm³/mol. The van der Waals surface area contributed by atoms with Crippen molar-refractivity contribution in [3.05, 3.63) is 65.2 Å². The maximum Gasteiger partial charge on any atom is 0.226 e. The van der Waals surface area contributed by atoms with Gasteiger partial charge in [0.1, 0.15) is 23.1 Å². The molecule has 2 aromatic carbocycles. The summed E-state index contributed by atoms with van der Waals surface area (Å²) in [6, 6.07) is 12.0. The molecule has 0 saturated carbocycles. The number of nitrogens with one attached hydrogen (secondary N) is 1. The van der Waals surface area contributed by atoms with Crippen molar-refractivity contribution >= 4 is 11.6 Å². The second kappa shape index (κ2) is 7.98. The first-order valence-electron chi connectivity index (χ1n) is 9.45. The van der Waals surface area contributed by atoms with E-state index >= 15 is 0 Å². The van der Waals surface area contributed by atoms with E-state index in [9.17, 15) is 4.39 Å². The molecular weight excluding hydrogens is 385 g/mol. The molecule has 0 unspecified atom stereocenters. The topological polar surface area (TPSA) is 73.6 Å². The number of rotatable bonds is 6. The second-order valence-corrected chi connectivity index (χ2v) is 6.85. The lowest BCUT2D eigenvalue weighted by molar-refractivity contribution is 0.391. The predicted octanol–water partition coefficient (Wildman–Crippen LogP) is 4.18. The molecule has 8 heteroatoms.